The highest BCUT2D eigenvalue weighted by atomic mass is 35.5. The molecule has 0 radical (unpaired) electrons. The van der Waals surface area contributed by atoms with E-state index in [9.17, 15) is 18.0 Å². The van der Waals surface area contributed by atoms with Crippen molar-refractivity contribution in [3.63, 3.8) is 0 Å². The third-order valence-corrected chi connectivity index (χ3v) is 7.21. The van der Waals surface area contributed by atoms with Crippen molar-refractivity contribution in [1.82, 2.24) is 14.5 Å². The minimum atomic E-state index is -3.93. The van der Waals surface area contributed by atoms with Crippen LogP contribution in [0.2, 0.25) is 10.0 Å². The summed E-state index contributed by atoms with van der Waals surface area (Å²) in [6.45, 7) is 4.84. The highest BCUT2D eigenvalue weighted by Gasteiger charge is 2.30. The molecule has 2 rings (SSSR count). The predicted molar refractivity (Wildman–Crippen MR) is 126 cm³/mol. The maximum atomic E-state index is 13.2. The topological polar surface area (TPSA) is 86.8 Å². The molecule has 0 heterocycles. The van der Waals surface area contributed by atoms with E-state index >= 15 is 0 Å². The Bertz CT molecular complexity index is 1060. The average molecular weight is 500 g/mol. The molecule has 1 unspecified atom stereocenters. The van der Waals surface area contributed by atoms with E-state index in [0.717, 1.165) is 4.31 Å². The molecule has 0 bridgehead atoms. The second-order valence-corrected chi connectivity index (χ2v) is 10.6. The summed E-state index contributed by atoms with van der Waals surface area (Å²) in [5, 5.41) is 3.63. The average Bonchev–Trinajstić information content (AvgIpc) is 2.72. The van der Waals surface area contributed by atoms with Gasteiger partial charge in [-0.3, -0.25) is 9.59 Å². The number of likely N-dealkylation sites (N-methyl/N-ethyl adjacent to an activating group) is 1. The largest absolute Gasteiger partial charge is 0.352 e. The SMILES string of the molecule is CC(C)NC(=O)C(C)N(Cc1ccccc1Cl)C(=O)CN(C)S(=O)(=O)c1ccc(Cl)cc1. The number of halogens is 2. The quantitative estimate of drug-likeness (QED) is 0.571. The van der Waals surface area contributed by atoms with Crippen molar-refractivity contribution in [3.05, 3.63) is 64.1 Å². The van der Waals surface area contributed by atoms with Gasteiger partial charge < -0.3 is 10.2 Å². The lowest BCUT2D eigenvalue weighted by Crippen LogP contribution is -2.51. The smallest absolute Gasteiger partial charge is 0.243 e. The second kappa shape index (κ2) is 11.1. The van der Waals surface area contributed by atoms with Crippen LogP contribution in [0.25, 0.3) is 0 Å². The molecule has 0 spiro atoms. The van der Waals surface area contributed by atoms with Crippen LogP contribution in [0, 0.1) is 0 Å². The van der Waals surface area contributed by atoms with Crippen molar-refractivity contribution in [2.75, 3.05) is 13.6 Å². The molecular weight excluding hydrogens is 473 g/mol. The van der Waals surface area contributed by atoms with Crippen LogP contribution in [0.15, 0.2) is 53.4 Å². The fourth-order valence-corrected chi connectivity index (χ4v) is 4.39. The molecule has 1 N–H and O–H groups in total. The number of nitrogens with one attached hydrogen (secondary N) is 1. The molecule has 0 saturated carbocycles. The number of sulfonamides is 1. The first-order valence-corrected chi connectivity index (χ1v) is 12.2. The van der Waals surface area contributed by atoms with Gasteiger partial charge in [-0.1, -0.05) is 41.4 Å². The van der Waals surface area contributed by atoms with Crippen LogP contribution in [-0.4, -0.2) is 55.1 Å². The molecule has 0 aliphatic carbocycles. The number of hydrogen-bond acceptors (Lipinski definition) is 4. The first-order chi connectivity index (χ1) is 14.9. The summed E-state index contributed by atoms with van der Waals surface area (Å²) >= 11 is 12.1. The molecule has 1 atom stereocenters. The second-order valence-electron chi connectivity index (χ2n) is 7.67. The monoisotopic (exact) mass is 499 g/mol. The summed E-state index contributed by atoms with van der Waals surface area (Å²) < 4.78 is 26.7. The molecule has 0 fully saturated rings. The summed E-state index contributed by atoms with van der Waals surface area (Å²) in [6, 6.07) is 11.7. The van der Waals surface area contributed by atoms with Gasteiger partial charge in [0.15, 0.2) is 0 Å². The Morgan fingerprint density at radius 3 is 2.16 bits per heavy atom. The van der Waals surface area contributed by atoms with Gasteiger partial charge >= 0.3 is 0 Å². The van der Waals surface area contributed by atoms with E-state index < -0.39 is 28.5 Å². The maximum absolute atomic E-state index is 13.2. The van der Waals surface area contributed by atoms with Crippen molar-refractivity contribution < 1.29 is 18.0 Å². The summed E-state index contributed by atoms with van der Waals surface area (Å²) in [4.78, 5) is 27.2. The molecule has 7 nitrogen and oxygen atoms in total. The molecule has 2 aromatic carbocycles. The third-order valence-electron chi connectivity index (χ3n) is 4.78. The molecule has 10 heteroatoms. The molecule has 0 aliphatic heterocycles. The lowest BCUT2D eigenvalue weighted by Gasteiger charge is -2.31. The number of carbonyl (C=O) groups excluding carboxylic acids is 2. The number of amides is 2. The van der Waals surface area contributed by atoms with E-state index in [2.05, 4.69) is 5.32 Å². The maximum Gasteiger partial charge on any atom is 0.243 e. The minimum absolute atomic E-state index is 0.0143. The van der Waals surface area contributed by atoms with Gasteiger partial charge in [0.25, 0.3) is 0 Å². The van der Waals surface area contributed by atoms with Crippen LogP contribution in [-0.2, 0) is 26.2 Å². The number of hydrogen-bond donors (Lipinski definition) is 1. The summed E-state index contributed by atoms with van der Waals surface area (Å²) in [6.07, 6.45) is 0. The summed E-state index contributed by atoms with van der Waals surface area (Å²) in [5.74, 6) is -0.875. The van der Waals surface area contributed by atoms with Gasteiger partial charge in [-0.2, -0.15) is 4.31 Å². The van der Waals surface area contributed by atoms with Gasteiger partial charge in [-0.25, -0.2) is 8.42 Å². The number of benzene rings is 2. The fraction of sp³-hybridized carbons (Fsp3) is 0.364. The Labute approximate surface area is 199 Å². The number of carbonyl (C=O) groups is 2. The predicted octanol–water partition coefficient (Wildman–Crippen LogP) is 3.56. The van der Waals surface area contributed by atoms with Gasteiger partial charge in [-0.15, -0.1) is 0 Å². The molecule has 32 heavy (non-hydrogen) atoms. The normalized spacial score (nSPS) is 12.6. The van der Waals surface area contributed by atoms with Crippen LogP contribution in [0.1, 0.15) is 26.3 Å². The van der Waals surface area contributed by atoms with Crippen molar-refractivity contribution in [2.24, 2.45) is 0 Å². The van der Waals surface area contributed by atoms with Crippen molar-refractivity contribution in [2.45, 2.75) is 44.3 Å². The highest BCUT2D eigenvalue weighted by Crippen LogP contribution is 2.21. The van der Waals surface area contributed by atoms with Crippen molar-refractivity contribution >= 4 is 45.0 Å². The zero-order valence-electron chi connectivity index (χ0n) is 18.4. The van der Waals surface area contributed by atoms with Crippen molar-refractivity contribution in [3.8, 4) is 0 Å². The Balaban J connectivity index is 2.29. The Morgan fingerprint density at radius 1 is 1.00 bits per heavy atom. The minimum Gasteiger partial charge on any atom is -0.352 e. The van der Waals surface area contributed by atoms with E-state index in [1.807, 2.05) is 13.8 Å². The molecule has 0 aliphatic rings. The van der Waals surface area contributed by atoms with Crippen LogP contribution >= 0.6 is 23.2 Å². The highest BCUT2D eigenvalue weighted by molar-refractivity contribution is 7.89. The molecule has 2 amide bonds. The lowest BCUT2D eigenvalue weighted by atomic mass is 10.1. The van der Waals surface area contributed by atoms with Crippen LogP contribution < -0.4 is 5.32 Å². The Hall–Kier alpha value is -2.13. The van der Waals surface area contributed by atoms with Gasteiger partial charge in [-0.05, 0) is 56.7 Å². The zero-order chi connectivity index (χ0) is 24.1. The molecule has 0 aromatic heterocycles. The van der Waals surface area contributed by atoms with Crippen LogP contribution in [0.3, 0.4) is 0 Å². The Kier molecular flexibility index (Phi) is 9.09. The third kappa shape index (κ3) is 6.68. The van der Waals surface area contributed by atoms with Crippen LogP contribution in [0.4, 0.5) is 0 Å². The Morgan fingerprint density at radius 2 is 1.59 bits per heavy atom. The van der Waals surface area contributed by atoms with Gasteiger partial charge in [0, 0.05) is 29.7 Å². The lowest BCUT2D eigenvalue weighted by molar-refractivity contribution is -0.140. The first kappa shape index (κ1) is 26.1. The van der Waals surface area contributed by atoms with Gasteiger partial charge in [0.2, 0.25) is 21.8 Å². The van der Waals surface area contributed by atoms with Crippen molar-refractivity contribution in [1.29, 1.82) is 0 Å². The molecular formula is C22H27Cl2N3O4S. The zero-order valence-corrected chi connectivity index (χ0v) is 20.7. The number of rotatable bonds is 9. The molecule has 2 aromatic rings. The van der Waals surface area contributed by atoms with E-state index in [4.69, 9.17) is 23.2 Å². The van der Waals surface area contributed by atoms with Gasteiger partial charge in [0.05, 0.1) is 11.4 Å². The summed E-state index contributed by atoms with van der Waals surface area (Å²) in [5.41, 5.74) is 0.648. The molecule has 0 saturated heterocycles. The van der Waals surface area contributed by atoms with E-state index in [1.165, 1.54) is 36.2 Å². The van der Waals surface area contributed by atoms with E-state index in [1.54, 1.807) is 31.2 Å². The van der Waals surface area contributed by atoms with E-state index in [-0.39, 0.29) is 23.4 Å². The number of nitrogens with zero attached hydrogens (tertiary/aromatic N) is 2. The summed E-state index contributed by atoms with van der Waals surface area (Å²) in [7, 11) is -2.62. The fourth-order valence-electron chi connectivity index (χ4n) is 2.95. The molecule has 174 valence electrons. The van der Waals surface area contributed by atoms with E-state index in [0.29, 0.717) is 15.6 Å². The van der Waals surface area contributed by atoms with Crippen LogP contribution in [0.5, 0.6) is 0 Å². The van der Waals surface area contributed by atoms with Gasteiger partial charge in [0.1, 0.15) is 6.04 Å². The standard InChI is InChI=1S/C22H27Cl2N3O4S/c1-15(2)25-22(29)16(3)27(13-17-7-5-6-8-20(17)24)21(28)14-26(4)32(30,31)19-11-9-18(23)10-12-19/h5-12,15-16H,13-14H2,1-4H3,(H,25,29). The first-order valence-electron chi connectivity index (χ1n) is 9.98.